The fourth-order valence-electron chi connectivity index (χ4n) is 2.50. The van der Waals surface area contributed by atoms with E-state index in [0.717, 1.165) is 23.3 Å². The standard InChI is InChI=1S/C18H15ClO3/c1-3-11-8-14-17(9-16(11)21-2)22-10-15(18(14)20)12-4-6-13(19)7-5-12/h4-10H,3H2,1-2H3. The summed E-state index contributed by atoms with van der Waals surface area (Å²) in [5, 5.41) is 1.19. The van der Waals surface area contributed by atoms with Crippen molar-refractivity contribution >= 4 is 22.6 Å². The van der Waals surface area contributed by atoms with Crippen molar-refractivity contribution in [1.29, 1.82) is 0 Å². The zero-order valence-corrected chi connectivity index (χ0v) is 13.1. The van der Waals surface area contributed by atoms with Crippen molar-refractivity contribution in [2.45, 2.75) is 13.3 Å². The molecule has 0 fully saturated rings. The minimum atomic E-state index is -0.0547. The van der Waals surface area contributed by atoms with Gasteiger partial charge < -0.3 is 9.15 Å². The molecule has 0 spiro atoms. The molecule has 0 unspecified atom stereocenters. The Morgan fingerprint density at radius 3 is 2.55 bits per heavy atom. The van der Waals surface area contributed by atoms with Gasteiger partial charge in [0.05, 0.1) is 18.1 Å². The van der Waals surface area contributed by atoms with Crippen LogP contribution in [0.2, 0.25) is 5.02 Å². The molecule has 3 nitrogen and oxygen atoms in total. The summed E-state index contributed by atoms with van der Waals surface area (Å²) in [4.78, 5) is 12.7. The van der Waals surface area contributed by atoms with Gasteiger partial charge in [0, 0.05) is 11.1 Å². The van der Waals surface area contributed by atoms with Crippen LogP contribution in [0.15, 0.2) is 51.9 Å². The van der Waals surface area contributed by atoms with Crippen molar-refractivity contribution < 1.29 is 9.15 Å². The van der Waals surface area contributed by atoms with Gasteiger partial charge >= 0.3 is 0 Å². The fraction of sp³-hybridized carbons (Fsp3) is 0.167. The third-order valence-electron chi connectivity index (χ3n) is 3.71. The van der Waals surface area contributed by atoms with Crippen molar-refractivity contribution in [3.8, 4) is 16.9 Å². The molecule has 2 aromatic carbocycles. The molecule has 112 valence electrons. The number of ether oxygens (including phenoxy) is 1. The monoisotopic (exact) mass is 314 g/mol. The number of halogens is 1. The lowest BCUT2D eigenvalue weighted by molar-refractivity contribution is 0.409. The number of hydrogen-bond acceptors (Lipinski definition) is 3. The molecule has 0 bridgehead atoms. The van der Waals surface area contributed by atoms with Crippen LogP contribution in [0.4, 0.5) is 0 Å². The SMILES string of the molecule is CCc1cc2c(=O)c(-c3ccc(Cl)cc3)coc2cc1OC. The highest BCUT2D eigenvalue weighted by Crippen LogP contribution is 2.27. The normalized spacial score (nSPS) is 10.9. The van der Waals surface area contributed by atoms with Gasteiger partial charge in [-0.3, -0.25) is 4.79 Å². The van der Waals surface area contributed by atoms with Crippen LogP contribution in [-0.4, -0.2) is 7.11 Å². The molecule has 3 aromatic rings. The van der Waals surface area contributed by atoms with Crippen LogP contribution in [0.1, 0.15) is 12.5 Å². The number of hydrogen-bond donors (Lipinski definition) is 0. The molecule has 0 radical (unpaired) electrons. The third kappa shape index (κ3) is 2.48. The number of aryl methyl sites for hydroxylation is 1. The van der Waals surface area contributed by atoms with Crippen LogP contribution in [-0.2, 0) is 6.42 Å². The molecule has 0 N–H and O–H groups in total. The average molecular weight is 315 g/mol. The van der Waals surface area contributed by atoms with Gasteiger partial charge in [-0.1, -0.05) is 30.7 Å². The van der Waals surface area contributed by atoms with Gasteiger partial charge in [0.2, 0.25) is 5.43 Å². The zero-order valence-electron chi connectivity index (χ0n) is 12.4. The maximum atomic E-state index is 12.7. The van der Waals surface area contributed by atoms with Gasteiger partial charge in [-0.05, 0) is 35.7 Å². The Hall–Kier alpha value is -2.26. The Labute approximate surface area is 133 Å². The smallest absolute Gasteiger partial charge is 0.200 e. The minimum absolute atomic E-state index is 0.0547. The second-order valence-corrected chi connectivity index (χ2v) is 5.44. The summed E-state index contributed by atoms with van der Waals surface area (Å²) < 4.78 is 11.0. The summed E-state index contributed by atoms with van der Waals surface area (Å²) in [7, 11) is 1.61. The number of fused-ring (bicyclic) bond motifs is 1. The second kappa shape index (κ2) is 5.85. The highest BCUT2D eigenvalue weighted by molar-refractivity contribution is 6.30. The molecule has 4 heteroatoms. The van der Waals surface area contributed by atoms with E-state index in [-0.39, 0.29) is 5.43 Å². The quantitative estimate of drug-likeness (QED) is 0.704. The van der Waals surface area contributed by atoms with Crippen LogP contribution >= 0.6 is 11.6 Å². The summed E-state index contributed by atoms with van der Waals surface area (Å²) in [6, 6.07) is 10.7. The van der Waals surface area contributed by atoms with Crippen molar-refractivity contribution in [3.63, 3.8) is 0 Å². The first-order valence-electron chi connectivity index (χ1n) is 7.02. The molecule has 0 aliphatic rings. The van der Waals surface area contributed by atoms with Gasteiger partial charge in [-0.25, -0.2) is 0 Å². The Balaban J connectivity index is 2.25. The number of benzene rings is 2. The lowest BCUT2D eigenvalue weighted by Gasteiger charge is -2.09. The van der Waals surface area contributed by atoms with Crippen LogP contribution in [0.3, 0.4) is 0 Å². The lowest BCUT2D eigenvalue weighted by atomic mass is 10.0. The molecule has 0 saturated carbocycles. The maximum Gasteiger partial charge on any atom is 0.200 e. The summed E-state index contributed by atoms with van der Waals surface area (Å²) in [6.45, 7) is 2.02. The molecule has 3 rings (SSSR count). The van der Waals surface area contributed by atoms with Crippen molar-refractivity contribution in [1.82, 2.24) is 0 Å². The zero-order chi connectivity index (χ0) is 15.7. The van der Waals surface area contributed by atoms with Gasteiger partial charge in [-0.2, -0.15) is 0 Å². The van der Waals surface area contributed by atoms with E-state index < -0.39 is 0 Å². The van der Waals surface area contributed by atoms with E-state index in [1.807, 2.05) is 25.1 Å². The highest BCUT2D eigenvalue weighted by Gasteiger charge is 2.12. The van der Waals surface area contributed by atoms with Gasteiger partial charge in [0.25, 0.3) is 0 Å². The second-order valence-electron chi connectivity index (χ2n) is 5.00. The molecule has 0 aliphatic carbocycles. The van der Waals surface area contributed by atoms with Crippen LogP contribution < -0.4 is 10.2 Å². The first-order valence-corrected chi connectivity index (χ1v) is 7.40. The number of methoxy groups -OCH3 is 1. The van der Waals surface area contributed by atoms with E-state index in [0.29, 0.717) is 21.6 Å². The fourth-order valence-corrected chi connectivity index (χ4v) is 2.62. The highest BCUT2D eigenvalue weighted by atomic mass is 35.5. The van der Waals surface area contributed by atoms with Crippen LogP contribution in [0.25, 0.3) is 22.1 Å². The molecule has 1 aromatic heterocycles. The predicted molar refractivity (Wildman–Crippen MR) is 88.9 cm³/mol. The first kappa shape index (κ1) is 14.7. The van der Waals surface area contributed by atoms with Crippen molar-refractivity contribution in [2.24, 2.45) is 0 Å². The Morgan fingerprint density at radius 2 is 1.91 bits per heavy atom. The van der Waals surface area contributed by atoms with Crippen molar-refractivity contribution in [3.05, 3.63) is 63.5 Å². The molecule has 0 aliphatic heterocycles. The van der Waals surface area contributed by atoms with E-state index in [9.17, 15) is 4.79 Å². The Kier molecular flexibility index (Phi) is 3.90. The van der Waals surface area contributed by atoms with Gasteiger partial charge in [0.1, 0.15) is 17.6 Å². The van der Waals surface area contributed by atoms with Crippen LogP contribution in [0.5, 0.6) is 5.75 Å². The van der Waals surface area contributed by atoms with Gasteiger partial charge in [0.15, 0.2) is 0 Å². The molecule has 1 heterocycles. The summed E-state index contributed by atoms with van der Waals surface area (Å²) >= 11 is 5.89. The summed E-state index contributed by atoms with van der Waals surface area (Å²) in [5.74, 6) is 0.734. The predicted octanol–water partition coefficient (Wildman–Crippen LogP) is 4.68. The van der Waals surface area contributed by atoms with E-state index in [1.54, 1.807) is 25.3 Å². The van der Waals surface area contributed by atoms with Crippen molar-refractivity contribution in [2.75, 3.05) is 7.11 Å². The van der Waals surface area contributed by atoms with E-state index in [4.69, 9.17) is 20.8 Å². The van der Waals surface area contributed by atoms with Gasteiger partial charge in [-0.15, -0.1) is 0 Å². The number of rotatable bonds is 3. The summed E-state index contributed by atoms with van der Waals surface area (Å²) in [6.07, 6.45) is 2.27. The Bertz CT molecular complexity index is 879. The Morgan fingerprint density at radius 1 is 1.18 bits per heavy atom. The molecule has 22 heavy (non-hydrogen) atoms. The average Bonchev–Trinajstić information content (AvgIpc) is 2.55. The maximum absolute atomic E-state index is 12.7. The molecular formula is C18H15ClO3. The first-order chi connectivity index (χ1) is 10.6. The van der Waals surface area contributed by atoms with Crippen LogP contribution in [0, 0.1) is 0 Å². The molecular weight excluding hydrogens is 300 g/mol. The topological polar surface area (TPSA) is 39.4 Å². The van der Waals surface area contributed by atoms with E-state index in [2.05, 4.69) is 0 Å². The lowest BCUT2D eigenvalue weighted by Crippen LogP contribution is -2.06. The minimum Gasteiger partial charge on any atom is -0.496 e. The largest absolute Gasteiger partial charge is 0.496 e. The molecule has 0 saturated heterocycles. The van der Waals surface area contributed by atoms with E-state index in [1.165, 1.54) is 6.26 Å². The molecule has 0 amide bonds. The summed E-state index contributed by atoms with van der Waals surface area (Å²) in [5.41, 5.74) is 2.76. The molecule has 0 atom stereocenters. The third-order valence-corrected chi connectivity index (χ3v) is 3.96. The van der Waals surface area contributed by atoms with E-state index >= 15 is 0 Å².